The molecular formula is C20H34O2S. The monoisotopic (exact) mass is 338 g/mol. The van der Waals surface area contributed by atoms with Crippen molar-refractivity contribution in [1.29, 1.82) is 0 Å². The van der Waals surface area contributed by atoms with Crippen LogP contribution in [0.4, 0.5) is 0 Å². The summed E-state index contributed by atoms with van der Waals surface area (Å²) in [5.74, 6) is 0. The standard InChI is InChI=1S/C20H34O2S/c1(2-4-6-8-12-19-14-17-23-18-19)3-5-7-10-15-21-20-13-9-11-16-22-20/h14,17-18,20H,1-13,15-16H2. The molecule has 0 aromatic carbocycles. The van der Waals surface area contributed by atoms with Crippen molar-refractivity contribution in [3.05, 3.63) is 22.4 Å². The van der Waals surface area contributed by atoms with Crippen molar-refractivity contribution in [2.24, 2.45) is 0 Å². The van der Waals surface area contributed by atoms with Crippen molar-refractivity contribution in [1.82, 2.24) is 0 Å². The first-order chi connectivity index (χ1) is 11.4. The van der Waals surface area contributed by atoms with E-state index < -0.39 is 0 Å². The van der Waals surface area contributed by atoms with Crippen LogP contribution in [0.25, 0.3) is 0 Å². The molecule has 1 atom stereocenters. The highest BCUT2D eigenvalue weighted by molar-refractivity contribution is 7.07. The van der Waals surface area contributed by atoms with Gasteiger partial charge in [0.05, 0.1) is 0 Å². The molecule has 23 heavy (non-hydrogen) atoms. The van der Waals surface area contributed by atoms with Crippen molar-refractivity contribution in [3.8, 4) is 0 Å². The second-order valence-electron chi connectivity index (χ2n) is 6.73. The number of unbranched alkanes of at least 4 members (excludes halogenated alkanes) is 8. The number of hydrogen-bond donors (Lipinski definition) is 0. The SMILES string of the molecule is c1cc(CCCCCCCCCCCOC2CCCCO2)cs1. The molecule has 0 N–H and O–H groups in total. The van der Waals surface area contributed by atoms with Crippen molar-refractivity contribution in [2.75, 3.05) is 13.2 Å². The van der Waals surface area contributed by atoms with Crippen LogP contribution in [0.2, 0.25) is 0 Å². The maximum atomic E-state index is 5.76. The van der Waals surface area contributed by atoms with Crippen LogP contribution in [0.5, 0.6) is 0 Å². The molecule has 2 rings (SSSR count). The van der Waals surface area contributed by atoms with Gasteiger partial charge >= 0.3 is 0 Å². The molecule has 0 amide bonds. The average Bonchev–Trinajstić information content (AvgIpc) is 3.10. The summed E-state index contributed by atoms with van der Waals surface area (Å²) in [6.45, 7) is 1.77. The second-order valence-corrected chi connectivity index (χ2v) is 7.51. The van der Waals surface area contributed by atoms with Crippen molar-refractivity contribution in [2.45, 2.75) is 89.8 Å². The summed E-state index contributed by atoms with van der Waals surface area (Å²) in [5.41, 5.74) is 1.52. The van der Waals surface area contributed by atoms with E-state index in [9.17, 15) is 0 Å². The fraction of sp³-hybridized carbons (Fsp3) is 0.800. The van der Waals surface area contributed by atoms with E-state index in [-0.39, 0.29) is 6.29 Å². The lowest BCUT2D eigenvalue weighted by Gasteiger charge is -2.22. The van der Waals surface area contributed by atoms with Crippen LogP contribution < -0.4 is 0 Å². The molecule has 2 heterocycles. The highest BCUT2D eigenvalue weighted by Crippen LogP contribution is 2.15. The van der Waals surface area contributed by atoms with E-state index in [4.69, 9.17) is 9.47 Å². The van der Waals surface area contributed by atoms with Gasteiger partial charge in [0.2, 0.25) is 0 Å². The Hall–Kier alpha value is -0.380. The minimum atomic E-state index is 0.0952. The Morgan fingerprint density at radius 3 is 2.35 bits per heavy atom. The summed E-state index contributed by atoms with van der Waals surface area (Å²) in [6.07, 6.45) is 17.2. The predicted molar refractivity (Wildman–Crippen MR) is 99.1 cm³/mol. The van der Waals surface area contributed by atoms with Gasteiger partial charge in [-0.05, 0) is 60.9 Å². The summed E-state index contributed by atoms with van der Waals surface area (Å²) < 4.78 is 11.3. The Labute approximate surface area is 146 Å². The van der Waals surface area contributed by atoms with Gasteiger partial charge in [-0.25, -0.2) is 0 Å². The van der Waals surface area contributed by atoms with E-state index in [1.54, 1.807) is 0 Å². The first-order valence-electron chi connectivity index (χ1n) is 9.69. The number of thiophene rings is 1. The molecule has 0 radical (unpaired) electrons. The van der Waals surface area contributed by atoms with Crippen LogP contribution in [0.1, 0.15) is 82.6 Å². The lowest BCUT2D eigenvalue weighted by atomic mass is 10.1. The van der Waals surface area contributed by atoms with Gasteiger partial charge in [0, 0.05) is 13.2 Å². The molecule has 1 aromatic heterocycles. The van der Waals surface area contributed by atoms with E-state index in [1.165, 1.54) is 82.6 Å². The van der Waals surface area contributed by atoms with E-state index >= 15 is 0 Å². The minimum absolute atomic E-state index is 0.0952. The number of ether oxygens (including phenoxy) is 2. The van der Waals surface area contributed by atoms with Crippen molar-refractivity contribution in [3.63, 3.8) is 0 Å². The van der Waals surface area contributed by atoms with Gasteiger partial charge in [-0.15, -0.1) is 0 Å². The fourth-order valence-electron chi connectivity index (χ4n) is 3.16. The maximum absolute atomic E-state index is 5.76. The molecule has 132 valence electrons. The molecule has 0 saturated carbocycles. The van der Waals surface area contributed by atoms with Crippen molar-refractivity contribution >= 4 is 11.3 Å². The normalized spacial score (nSPS) is 18.3. The smallest absolute Gasteiger partial charge is 0.157 e. The molecule has 1 saturated heterocycles. The molecule has 0 spiro atoms. The van der Waals surface area contributed by atoms with Gasteiger partial charge in [0.1, 0.15) is 0 Å². The molecule has 1 fully saturated rings. The Morgan fingerprint density at radius 2 is 1.70 bits per heavy atom. The van der Waals surface area contributed by atoms with Gasteiger partial charge in [0.25, 0.3) is 0 Å². The number of rotatable bonds is 13. The van der Waals surface area contributed by atoms with Gasteiger partial charge < -0.3 is 9.47 Å². The lowest BCUT2D eigenvalue weighted by molar-refractivity contribution is -0.162. The van der Waals surface area contributed by atoms with E-state index in [1.807, 2.05) is 11.3 Å². The summed E-state index contributed by atoms with van der Waals surface area (Å²) in [7, 11) is 0. The molecular weight excluding hydrogens is 304 g/mol. The number of hydrogen-bond acceptors (Lipinski definition) is 3. The van der Waals surface area contributed by atoms with Gasteiger partial charge in [0.15, 0.2) is 6.29 Å². The average molecular weight is 339 g/mol. The van der Waals surface area contributed by atoms with E-state index in [2.05, 4.69) is 16.8 Å². The van der Waals surface area contributed by atoms with Crippen LogP contribution in [-0.2, 0) is 15.9 Å². The third kappa shape index (κ3) is 9.49. The Bertz CT molecular complexity index is 358. The highest BCUT2D eigenvalue weighted by atomic mass is 32.1. The Balaban J connectivity index is 1.27. The molecule has 1 aliphatic rings. The quantitative estimate of drug-likeness (QED) is 0.390. The summed E-state index contributed by atoms with van der Waals surface area (Å²) in [5, 5.41) is 4.46. The molecule has 0 bridgehead atoms. The summed E-state index contributed by atoms with van der Waals surface area (Å²) >= 11 is 1.81. The zero-order valence-electron chi connectivity index (χ0n) is 14.6. The van der Waals surface area contributed by atoms with Gasteiger partial charge in [-0.3, -0.25) is 0 Å². The highest BCUT2D eigenvalue weighted by Gasteiger charge is 2.13. The zero-order chi connectivity index (χ0) is 16.0. The number of aryl methyl sites for hydroxylation is 1. The Morgan fingerprint density at radius 1 is 0.957 bits per heavy atom. The molecule has 1 aromatic rings. The minimum Gasteiger partial charge on any atom is -0.353 e. The molecule has 3 heteroatoms. The molecule has 1 aliphatic heterocycles. The van der Waals surface area contributed by atoms with Crippen LogP contribution in [0.15, 0.2) is 16.8 Å². The summed E-state index contributed by atoms with van der Waals surface area (Å²) in [6, 6.07) is 2.26. The maximum Gasteiger partial charge on any atom is 0.157 e. The lowest BCUT2D eigenvalue weighted by Crippen LogP contribution is -2.22. The van der Waals surface area contributed by atoms with E-state index in [0.29, 0.717) is 0 Å². The molecule has 2 nitrogen and oxygen atoms in total. The fourth-order valence-corrected chi connectivity index (χ4v) is 3.86. The largest absolute Gasteiger partial charge is 0.353 e. The first kappa shape index (κ1) is 19.0. The third-order valence-electron chi connectivity index (χ3n) is 4.63. The third-order valence-corrected chi connectivity index (χ3v) is 5.36. The van der Waals surface area contributed by atoms with Gasteiger partial charge in [-0.2, -0.15) is 11.3 Å². The second kappa shape index (κ2) is 13.0. The van der Waals surface area contributed by atoms with Crippen LogP contribution >= 0.6 is 11.3 Å². The predicted octanol–water partition coefficient (Wildman–Crippen LogP) is 6.34. The first-order valence-corrected chi connectivity index (χ1v) is 10.6. The summed E-state index contributed by atoms with van der Waals surface area (Å²) in [4.78, 5) is 0. The van der Waals surface area contributed by atoms with Crippen LogP contribution in [0, 0.1) is 0 Å². The van der Waals surface area contributed by atoms with Crippen LogP contribution in [0.3, 0.4) is 0 Å². The van der Waals surface area contributed by atoms with Gasteiger partial charge in [-0.1, -0.05) is 44.9 Å². The molecule has 0 aliphatic carbocycles. The Kier molecular flexibility index (Phi) is 10.7. The van der Waals surface area contributed by atoms with E-state index in [0.717, 1.165) is 19.6 Å². The van der Waals surface area contributed by atoms with Crippen molar-refractivity contribution < 1.29 is 9.47 Å². The zero-order valence-corrected chi connectivity index (χ0v) is 15.5. The van der Waals surface area contributed by atoms with Crippen LogP contribution in [-0.4, -0.2) is 19.5 Å². The topological polar surface area (TPSA) is 18.5 Å². The molecule has 1 unspecified atom stereocenters.